The summed E-state index contributed by atoms with van der Waals surface area (Å²) in [5, 5.41) is 0. The fourth-order valence-electron chi connectivity index (χ4n) is 2.02. The molecule has 3 aromatic rings. The molecule has 0 saturated carbocycles. The molecule has 0 radical (unpaired) electrons. The van der Waals surface area contributed by atoms with Crippen LogP contribution in [0.15, 0.2) is 48.9 Å². The number of hydrogen-bond donors (Lipinski definition) is 0. The number of imidazole rings is 1. The van der Waals surface area contributed by atoms with Gasteiger partial charge in [-0.2, -0.15) is 0 Å². The Labute approximate surface area is 99.8 Å². The van der Waals surface area contributed by atoms with Crippen LogP contribution in [0.2, 0.25) is 0 Å². The van der Waals surface area contributed by atoms with E-state index in [1.807, 2.05) is 18.5 Å². The van der Waals surface area contributed by atoms with Gasteiger partial charge < -0.3 is 4.57 Å². The van der Waals surface area contributed by atoms with E-state index in [4.69, 9.17) is 0 Å². The number of nitrogens with zero attached hydrogens (tertiary/aromatic N) is 3. The third kappa shape index (κ3) is 1.91. The van der Waals surface area contributed by atoms with Gasteiger partial charge in [-0.15, -0.1) is 0 Å². The van der Waals surface area contributed by atoms with Crippen molar-refractivity contribution in [1.82, 2.24) is 14.5 Å². The predicted octanol–water partition coefficient (Wildman–Crippen LogP) is 2.79. The lowest BCUT2D eigenvalue weighted by Crippen LogP contribution is -1.99. The fourth-order valence-corrected chi connectivity index (χ4v) is 2.02. The standard InChI is InChI=1S/C14H13N3/c1-11-4-2-5-12(8-11)9-17-10-16-13-6-3-7-15-14(13)17/h2-8,10H,9H2,1H3. The van der Waals surface area contributed by atoms with Gasteiger partial charge in [0.2, 0.25) is 0 Å². The Kier molecular flexibility index (Phi) is 2.37. The van der Waals surface area contributed by atoms with E-state index in [2.05, 4.69) is 45.7 Å². The van der Waals surface area contributed by atoms with Crippen molar-refractivity contribution in [1.29, 1.82) is 0 Å². The summed E-state index contributed by atoms with van der Waals surface area (Å²) in [7, 11) is 0. The van der Waals surface area contributed by atoms with Crippen molar-refractivity contribution in [2.24, 2.45) is 0 Å². The van der Waals surface area contributed by atoms with E-state index in [0.717, 1.165) is 17.7 Å². The van der Waals surface area contributed by atoms with Crippen LogP contribution < -0.4 is 0 Å². The van der Waals surface area contributed by atoms with Crippen LogP contribution >= 0.6 is 0 Å². The molecular formula is C14H13N3. The molecule has 3 rings (SSSR count). The average molecular weight is 223 g/mol. The molecule has 3 heteroatoms. The van der Waals surface area contributed by atoms with Crippen LogP contribution in [0, 0.1) is 6.92 Å². The molecule has 17 heavy (non-hydrogen) atoms. The molecule has 84 valence electrons. The Morgan fingerprint density at radius 1 is 1.12 bits per heavy atom. The minimum absolute atomic E-state index is 0.815. The molecule has 0 amide bonds. The fraction of sp³-hybridized carbons (Fsp3) is 0.143. The molecule has 2 aromatic heterocycles. The van der Waals surface area contributed by atoms with Gasteiger partial charge in [-0.25, -0.2) is 9.97 Å². The number of aromatic nitrogens is 3. The van der Waals surface area contributed by atoms with Gasteiger partial charge in [-0.3, -0.25) is 0 Å². The maximum Gasteiger partial charge on any atom is 0.160 e. The van der Waals surface area contributed by atoms with Crippen molar-refractivity contribution >= 4 is 11.2 Å². The third-order valence-corrected chi connectivity index (χ3v) is 2.81. The Morgan fingerprint density at radius 2 is 2.06 bits per heavy atom. The van der Waals surface area contributed by atoms with Crippen LogP contribution in [0.4, 0.5) is 0 Å². The van der Waals surface area contributed by atoms with Crippen molar-refractivity contribution in [2.45, 2.75) is 13.5 Å². The Bertz CT molecular complexity index is 655. The number of pyridine rings is 1. The number of fused-ring (bicyclic) bond motifs is 1. The summed E-state index contributed by atoms with van der Waals surface area (Å²) >= 11 is 0. The minimum Gasteiger partial charge on any atom is -0.311 e. The Balaban J connectivity index is 2.00. The molecule has 2 heterocycles. The van der Waals surface area contributed by atoms with Gasteiger partial charge in [-0.1, -0.05) is 29.8 Å². The number of hydrogen-bond acceptors (Lipinski definition) is 2. The molecule has 1 aromatic carbocycles. The predicted molar refractivity (Wildman–Crippen MR) is 67.8 cm³/mol. The summed E-state index contributed by atoms with van der Waals surface area (Å²) in [6, 6.07) is 12.4. The summed E-state index contributed by atoms with van der Waals surface area (Å²) in [6.45, 7) is 2.92. The van der Waals surface area contributed by atoms with Gasteiger partial charge in [0.05, 0.1) is 12.9 Å². The molecule has 0 aliphatic rings. The van der Waals surface area contributed by atoms with E-state index in [-0.39, 0.29) is 0 Å². The van der Waals surface area contributed by atoms with E-state index in [1.54, 1.807) is 6.20 Å². The molecule has 0 aliphatic heterocycles. The van der Waals surface area contributed by atoms with Crippen LogP contribution in [-0.2, 0) is 6.54 Å². The number of benzene rings is 1. The van der Waals surface area contributed by atoms with Crippen LogP contribution in [0.1, 0.15) is 11.1 Å². The van der Waals surface area contributed by atoms with E-state index < -0.39 is 0 Å². The molecular weight excluding hydrogens is 210 g/mol. The smallest absolute Gasteiger partial charge is 0.160 e. The first-order chi connectivity index (χ1) is 8.33. The molecule has 0 fully saturated rings. The van der Waals surface area contributed by atoms with Gasteiger partial charge in [0.15, 0.2) is 5.65 Å². The summed E-state index contributed by atoms with van der Waals surface area (Å²) in [5.41, 5.74) is 4.43. The highest BCUT2D eigenvalue weighted by atomic mass is 15.1. The van der Waals surface area contributed by atoms with Crippen LogP contribution in [0.3, 0.4) is 0 Å². The average Bonchev–Trinajstić information content (AvgIpc) is 2.73. The largest absolute Gasteiger partial charge is 0.311 e. The molecule has 0 unspecified atom stereocenters. The summed E-state index contributed by atoms with van der Waals surface area (Å²) in [6.07, 6.45) is 3.65. The highest BCUT2D eigenvalue weighted by Crippen LogP contribution is 2.12. The molecule has 0 N–H and O–H groups in total. The third-order valence-electron chi connectivity index (χ3n) is 2.81. The van der Waals surface area contributed by atoms with E-state index in [9.17, 15) is 0 Å². The van der Waals surface area contributed by atoms with Crippen molar-refractivity contribution in [3.05, 3.63) is 60.0 Å². The number of rotatable bonds is 2. The maximum atomic E-state index is 4.36. The zero-order chi connectivity index (χ0) is 11.7. The first-order valence-corrected chi connectivity index (χ1v) is 5.64. The lowest BCUT2D eigenvalue weighted by molar-refractivity contribution is 0.813. The quantitative estimate of drug-likeness (QED) is 0.668. The lowest BCUT2D eigenvalue weighted by atomic mass is 10.1. The van der Waals surface area contributed by atoms with E-state index in [0.29, 0.717) is 0 Å². The van der Waals surface area contributed by atoms with Crippen LogP contribution in [0.25, 0.3) is 11.2 Å². The molecule has 0 bridgehead atoms. The van der Waals surface area contributed by atoms with Gasteiger partial charge in [-0.05, 0) is 24.6 Å². The van der Waals surface area contributed by atoms with Crippen molar-refractivity contribution in [2.75, 3.05) is 0 Å². The zero-order valence-electron chi connectivity index (χ0n) is 9.67. The van der Waals surface area contributed by atoms with Crippen LogP contribution in [0.5, 0.6) is 0 Å². The van der Waals surface area contributed by atoms with E-state index in [1.165, 1.54) is 11.1 Å². The topological polar surface area (TPSA) is 30.7 Å². The van der Waals surface area contributed by atoms with Gasteiger partial charge >= 0.3 is 0 Å². The summed E-state index contributed by atoms with van der Waals surface area (Å²) in [5.74, 6) is 0. The molecule has 3 nitrogen and oxygen atoms in total. The van der Waals surface area contributed by atoms with Crippen molar-refractivity contribution < 1.29 is 0 Å². The van der Waals surface area contributed by atoms with E-state index >= 15 is 0 Å². The first-order valence-electron chi connectivity index (χ1n) is 5.64. The summed E-state index contributed by atoms with van der Waals surface area (Å²) in [4.78, 5) is 8.70. The molecule has 0 aliphatic carbocycles. The summed E-state index contributed by atoms with van der Waals surface area (Å²) < 4.78 is 2.07. The van der Waals surface area contributed by atoms with Crippen LogP contribution in [-0.4, -0.2) is 14.5 Å². The molecule has 0 atom stereocenters. The Hall–Kier alpha value is -2.16. The highest BCUT2D eigenvalue weighted by Gasteiger charge is 2.03. The van der Waals surface area contributed by atoms with Crippen molar-refractivity contribution in [3.8, 4) is 0 Å². The second-order valence-corrected chi connectivity index (χ2v) is 4.21. The maximum absolute atomic E-state index is 4.36. The number of aryl methyl sites for hydroxylation is 1. The zero-order valence-corrected chi connectivity index (χ0v) is 9.67. The van der Waals surface area contributed by atoms with Gasteiger partial charge in [0.25, 0.3) is 0 Å². The SMILES string of the molecule is Cc1cccc(Cn2cnc3cccnc32)c1. The van der Waals surface area contributed by atoms with Gasteiger partial charge in [0.1, 0.15) is 5.52 Å². The molecule has 0 spiro atoms. The first kappa shape index (κ1) is 10.0. The van der Waals surface area contributed by atoms with Gasteiger partial charge in [0, 0.05) is 6.20 Å². The highest BCUT2D eigenvalue weighted by molar-refractivity contribution is 5.70. The monoisotopic (exact) mass is 223 g/mol. The second kappa shape index (κ2) is 4.01. The minimum atomic E-state index is 0.815. The second-order valence-electron chi connectivity index (χ2n) is 4.21. The molecule has 0 saturated heterocycles. The Morgan fingerprint density at radius 3 is 2.94 bits per heavy atom. The lowest BCUT2D eigenvalue weighted by Gasteiger charge is -2.04. The van der Waals surface area contributed by atoms with Crippen molar-refractivity contribution in [3.63, 3.8) is 0 Å². The normalized spacial score (nSPS) is 10.9.